The average molecular weight is 605 g/mol. The van der Waals surface area contributed by atoms with E-state index >= 15 is 0 Å². The van der Waals surface area contributed by atoms with Crippen molar-refractivity contribution in [3.05, 3.63) is 62.5 Å². The van der Waals surface area contributed by atoms with Gasteiger partial charge in [0.05, 0.1) is 11.9 Å². The number of nitrogens with one attached hydrogen (secondary N) is 1. The summed E-state index contributed by atoms with van der Waals surface area (Å²) in [6.07, 6.45) is 4.95. The van der Waals surface area contributed by atoms with Gasteiger partial charge in [0, 0.05) is 27.1 Å². The molecule has 1 fully saturated rings. The summed E-state index contributed by atoms with van der Waals surface area (Å²) in [6.45, 7) is 1.18. The van der Waals surface area contributed by atoms with Crippen molar-refractivity contribution in [2.75, 3.05) is 17.1 Å². The first-order valence-corrected chi connectivity index (χ1v) is 14.6. The molecule has 1 aliphatic carbocycles. The van der Waals surface area contributed by atoms with Gasteiger partial charge in [0.15, 0.2) is 0 Å². The fourth-order valence-electron chi connectivity index (χ4n) is 4.05. The molecule has 190 valence electrons. The van der Waals surface area contributed by atoms with E-state index in [1.807, 2.05) is 0 Å². The van der Waals surface area contributed by atoms with Crippen LogP contribution in [0, 0.1) is 0 Å². The summed E-state index contributed by atoms with van der Waals surface area (Å²) in [5.41, 5.74) is 0.932. The number of anilines is 1. The number of carbonyl (C=O) groups excluding carboxylic acids is 2. The van der Waals surface area contributed by atoms with Crippen molar-refractivity contribution in [3.63, 3.8) is 0 Å². The maximum absolute atomic E-state index is 13.6. The lowest BCUT2D eigenvalue weighted by atomic mass is 10.1. The summed E-state index contributed by atoms with van der Waals surface area (Å²) in [6, 6.07) is 10.8. The minimum atomic E-state index is -3.79. The molecule has 1 saturated carbocycles. The molecule has 0 radical (unpaired) electrons. The Bertz CT molecular complexity index is 1190. The summed E-state index contributed by atoms with van der Waals surface area (Å²) < 4.78 is 26.9. The molecule has 3 rings (SSSR count). The van der Waals surface area contributed by atoms with E-state index < -0.39 is 28.5 Å². The fourth-order valence-corrected chi connectivity index (χ4v) is 5.75. The van der Waals surface area contributed by atoms with E-state index in [0.29, 0.717) is 25.8 Å². The Hall–Kier alpha value is -1.81. The van der Waals surface area contributed by atoms with Crippen LogP contribution in [0.5, 0.6) is 0 Å². The standard InChI is InChI=1S/C24H28BrCl2N3O4S/c1-16(24(32)28-20-7-3-4-8-20)29(14-17-10-11-19(26)13-22(17)27)23(31)15-30(35(2,33)34)21-9-5-6-18(25)12-21/h5-6,9-13,16,20H,3-4,7-8,14-15H2,1-2H3,(H,28,32)/t16-/m1/s1. The van der Waals surface area contributed by atoms with Gasteiger partial charge in [-0.15, -0.1) is 0 Å². The number of carbonyl (C=O) groups is 2. The Kier molecular flexibility index (Phi) is 9.48. The first-order valence-electron chi connectivity index (χ1n) is 11.2. The third-order valence-electron chi connectivity index (χ3n) is 6.00. The number of nitrogens with zero attached hydrogens (tertiary/aromatic N) is 2. The van der Waals surface area contributed by atoms with Gasteiger partial charge in [-0.2, -0.15) is 0 Å². The quantitative estimate of drug-likeness (QED) is 0.436. The molecule has 11 heteroatoms. The van der Waals surface area contributed by atoms with Gasteiger partial charge < -0.3 is 10.2 Å². The van der Waals surface area contributed by atoms with E-state index in [0.717, 1.165) is 36.2 Å². The van der Waals surface area contributed by atoms with Crippen LogP contribution in [0.15, 0.2) is 46.9 Å². The predicted molar refractivity (Wildman–Crippen MR) is 143 cm³/mol. The highest BCUT2D eigenvalue weighted by atomic mass is 79.9. The highest BCUT2D eigenvalue weighted by Crippen LogP contribution is 2.26. The minimum Gasteiger partial charge on any atom is -0.352 e. The number of hydrogen-bond acceptors (Lipinski definition) is 4. The van der Waals surface area contributed by atoms with E-state index in [2.05, 4.69) is 21.2 Å². The largest absolute Gasteiger partial charge is 0.352 e. The molecule has 0 heterocycles. The van der Waals surface area contributed by atoms with Crippen LogP contribution >= 0.6 is 39.1 Å². The van der Waals surface area contributed by atoms with Crippen LogP contribution in [0.2, 0.25) is 10.0 Å². The minimum absolute atomic E-state index is 0.0180. The second kappa shape index (κ2) is 12.0. The van der Waals surface area contributed by atoms with Crippen LogP contribution in [0.25, 0.3) is 0 Å². The second-order valence-corrected chi connectivity index (χ2v) is 12.3. The van der Waals surface area contributed by atoms with Crippen LogP contribution in [0.4, 0.5) is 5.69 Å². The molecule has 0 aromatic heterocycles. The molecule has 0 spiro atoms. The van der Waals surface area contributed by atoms with Gasteiger partial charge in [-0.05, 0) is 55.7 Å². The molecule has 7 nitrogen and oxygen atoms in total. The van der Waals surface area contributed by atoms with Crippen molar-refractivity contribution in [1.29, 1.82) is 0 Å². The highest BCUT2D eigenvalue weighted by molar-refractivity contribution is 9.10. The van der Waals surface area contributed by atoms with Gasteiger partial charge in [-0.25, -0.2) is 8.42 Å². The van der Waals surface area contributed by atoms with Crippen LogP contribution in [0.3, 0.4) is 0 Å². The normalized spacial score (nSPS) is 15.0. The smallest absolute Gasteiger partial charge is 0.244 e. The number of rotatable bonds is 9. The fraction of sp³-hybridized carbons (Fsp3) is 0.417. The zero-order valence-corrected chi connectivity index (χ0v) is 23.4. The van der Waals surface area contributed by atoms with E-state index in [-0.39, 0.29) is 18.5 Å². The maximum Gasteiger partial charge on any atom is 0.244 e. The highest BCUT2D eigenvalue weighted by Gasteiger charge is 2.31. The van der Waals surface area contributed by atoms with Gasteiger partial charge in [-0.3, -0.25) is 13.9 Å². The second-order valence-electron chi connectivity index (χ2n) is 8.67. The molecule has 0 saturated heterocycles. The molecule has 1 aliphatic rings. The molecule has 2 aromatic carbocycles. The molecule has 2 amide bonds. The number of amides is 2. The predicted octanol–water partition coefficient (Wildman–Crippen LogP) is 5.00. The van der Waals surface area contributed by atoms with Crippen LogP contribution in [-0.2, 0) is 26.2 Å². The molecule has 35 heavy (non-hydrogen) atoms. The van der Waals surface area contributed by atoms with Crippen molar-refractivity contribution < 1.29 is 18.0 Å². The molecule has 2 aromatic rings. The van der Waals surface area contributed by atoms with Gasteiger partial charge in [-0.1, -0.05) is 64.1 Å². The third kappa shape index (κ3) is 7.59. The average Bonchev–Trinajstić information content (AvgIpc) is 3.28. The molecule has 0 bridgehead atoms. The molecular weight excluding hydrogens is 577 g/mol. The Balaban J connectivity index is 1.90. The summed E-state index contributed by atoms with van der Waals surface area (Å²) in [5, 5.41) is 3.82. The van der Waals surface area contributed by atoms with Crippen molar-refractivity contribution in [1.82, 2.24) is 10.2 Å². The Labute approximate surface area is 224 Å². The summed E-state index contributed by atoms with van der Waals surface area (Å²) in [5.74, 6) is -0.820. The van der Waals surface area contributed by atoms with E-state index in [9.17, 15) is 18.0 Å². The lowest BCUT2D eigenvalue weighted by Crippen LogP contribution is -2.52. The summed E-state index contributed by atoms with van der Waals surface area (Å²) in [4.78, 5) is 28.0. The first-order chi connectivity index (χ1) is 16.5. The van der Waals surface area contributed by atoms with Crippen molar-refractivity contribution in [3.8, 4) is 0 Å². The lowest BCUT2D eigenvalue weighted by Gasteiger charge is -2.32. The number of halogens is 3. The van der Waals surface area contributed by atoms with E-state index in [4.69, 9.17) is 23.2 Å². The summed E-state index contributed by atoms with van der Waals surface area (Å²) in [7, 11) is -3.79. The Morgan fingerprint density at radius 1 is 1.14 bits per heavy atom. The monoisotopic (exact) mass is 603 g/mol. The van der Waals surface area contributed by atoms with Crippen LogP contribution in [-0.4, -0.2) is 50.0 Å². The molecule has 0 aliphatic heterocycles. The molecular formula is C24H28BrCl2N3O4S. The molecule has 1 atom stereocenters. The first kappa shape index (κ1) is 27.8. The van der Waals surface area contributed by atoms with Gasteiger partial charge in [0.2, 0.25) is 21.8 Å². The zero-order chi connectivity index (χ0) is 25.8. The zero-order valence-electron chi connectivity index (χ0n) is 19.5. The Morgan fingerprint density at radius 3 is 2.43 bits per heavy atom. The van der Waals surface area contributed by atoms with Gasteiger partial charge in [0.25, 0.3) is 0 Å². The topological polar surface area (TPSA) is 86.8 Å². The van der Waals surface area contributed by atoms with Gasteiger partial charge >= 0.3 is 0 Å². The maximum atomic E-state index is 13.6. The summed E-state index contributed by atoms with van der Waals surface area (Å²) >= 11 is 15.7. The molecule has 0 unspecified atom stereocenters. The lowest BCUT2D eigenvalue weighted by molar-refractivity contribution is -0.139. The SMILES string of the molecule is C[C@H](C(=O)NC1CCCC1)N(Cc1ccc(Cl)cc1Cl)C(=O)CN(c1cccc(Br)c1)S(C)(=O)=O. The number of sulfonamides is 1. The van der Waals surface area contributed by atoms with Crippen molar-refractivity contribution in [2.45, 2.75) is 51.2 Å². The number of hydrogen-bond donors (Lipinski definition) is 1. The molecule has 1 N–H and O–H groups in total. The van der Waals surface area contributed by atoms with Crippen molar-refractivity contribution in [2.24, 2.45) is 0 Å². The number of benzene rings is 2. The van der Waals surface area contributed by atoms with E-state index in [1.165, 1.54) is 4.90 Å². The Morgan fingerprint density at radius 2 is 1.83 bits per heavy atom. The van der Waals surface area contributed by atoms with Crippen LogP contribution in [0.1, 0.15) is 38.2 Å². The van der Waals surface area contributed by atoms with Crippen LogP contribution < -0.4 is 9.62 Å². The van der Waals surface area contributed by atoms with Crippen molar-refractivity contribution >= 4 is 66.7 Å². The third-order valence-corrected chi connectivity index (χ3v) is 8.22. The van der Waals surface area contributed by atoms with E-state index in [1.54, 1.807) is 49.4 Å². The van der Waals surface area contributed by atoms with Gasteiger partial charge in [0.1, 0.15) is 12.6 Å².